The summed E-state index contributed by atoms with van der Waals surface area (Å²) >= 11 is 0. The van der Waals surface area contributed by atoms with Gasteiger partial charge in [0.25, 0.3) is 0 Å². The maximum absolute atomic E-state index is 5.68. The van der Waals surface area contributed by atoms with Crippen molar-refractivity contribution in [2.24, 2.45) is 5.73 Å². The molecule has 1 aromatic heterocycles. The Morgan fingerprint density at radius 3 is 2.69 bits per heavy atom. The molecule has 1 aromatic carbocycles. The van der Waals surface area contributed by atoms with Crippen LogP contribution >= 0.6 is 0 Å². The molecule has 2 aromatic rings. The second-order valence-corrected chi connectivity index (χ2v) is 4.20. The number of nitrogens with zero attached hydrogens (tertiary/aromatic N) is 2. The highest BCUT2D eigenvalue weighted by atomic mass is 15.1. The van der Waals surface area contributed by atoms with Crippen molar-refractivity contribution in [2.75, 3.05) is 19.0 Å². The first-order chi connectivity index (χ1) is 7.63. The molecule has 0 spiro atoms. The average Bonchev–Trinajstić information content (AvgIpc) is 2.28. The van der Waals surface area contributed by atoms with E-state index < -0.39 is 0 Å². The van der Waals surface area contributed by atoms with E-state index in [-0.39, 0.29) is 0 Å². The van der Waals surface area contributed by atoms with Crippen LogP contribution in [0.4, 0.5) is 5.69 Å². The summed E-state index contributed by atoms with van der Waals surface area (Å²) < 4.78 is 0. The fourth-order valence-corrected chi connectivity index (χ4v) is 1.90. The first kappa shape index (κ1) is 10.9. The molecule has 0 radical (unpaired) electrons. The van der Waals surface area contributed by atoms with E-state index in [1.165, 1.54) is 16.6 Å². The van der Waals surface area contributed by atoms with Gasteiger partial charge in [-0.3, -0.25) is 4.98 Å². The molecule has 16 heavy (non-hydrogen) atoms. The van der Waals surface area contributed by atoms with Crippen LogP contribution in [0.25, 0.3) is 10.9 Å². The van der Waals surface area contributed by atoms with Crippen molar-refractivity contribution in [1.29, 1.82) is 0 Å². The van der Waals surface area contributed by atoms with E-state index in [1.807, 2.05) is 14.1 Å². The largest absolute Gasteiger partial charge is 0.377 e. The van der Waals surface area contributed by atoms with Gasteiger partial charge in [-0.2, -0.15) is 0 Å². The van der Waals surface area contributed by atoms with Gasteiger partial charge >= 0.3 is 0 Å². The number of para-hydroxylation sites is 1. The Kier molecular flexibility index (Phi) is 2.79. The Morgan fingerprint density at radius 1 is 1.31 bits per heavy atom. The Morgan fingerprint density at radius 2 is 2.06 bits per heavy atom. The Labute approximate surface area is 95.9 Å². The molecule has 0 unspecified atom stereocenters. The molecule has 0 fully saturated rings. The van der Waals surface area contributed by atoms with Crippen LogP contribution in [0.2, 0.25) is 0 Å². The van der Waals surface area contributed by atoms with Crippen LogP contribution in [0.5, 0.6) is 0 Å². The van der Waals surface area contributed by atoms with Crippen molar-refractivity contribution < 1.29 is 0 Å². The van der Waals surface area contributed by atoms with Crippen molar-refractivity contribution >= 4 is 16.6 Å². The molecule has 3 heteroatoms. The number of pyridine rings is 1. The van der Waals surface area contributed by atoms with Gasteiger partial charge in [-0.15, -0.1) is 0 Å². The Balaban J connectivity index is 2.82. The van der Waals surface area contributed by atoms with Gasteiger partial charge < -0.3 is 10.6 Å². The summed E-state index contributed by atoms with van der Waals surface area (Å²) in [7, 11) is 4.08. The smallest absolute Gasteiger partial charge is 0.0755 e. The zero-order chi connectivity index (χ0) is 11.7. The maximum atomic E-state index is 5.68. The standard InChI is InChI=1S/C13H17N3/c1-9-5-4-6-11-12(16(2)3)7-10(8-14)15-13(9)11/h4-7H,8,14H2,1-3H3. The van der Waals surface area contributed by atoms with Gasteiger partial charge in [0.2, 0.25) is 0 Å². The van der Waals surface area contributed by atoms with Crippen molar-refractivity contribution in [3.05, 3.63) is 35.5 Å². The molecule has 0 aliphatic heterocycles. The SMILES string of the molecule is Cc1cccc2c(N(C)C)cc(CN)nc12. The number of fused-ring (bicyclic) bond motifs is 1. The number of aromatic nitrogens is 1. The lowest BCUT2D eigenvalue weighted by Crippen LogP contribution is -2.11. The molecule has 84 valence electrons. The third-order valence-electron chi connectivity index (χ3n) is 2.76. The van der Waals surface area contributed by atoms with Crippen LogP contribution in [0.3, 0.4) is 0 Å². The zero-order valence-electron chi connectivity index (χ0n) is 9.99. The summed E-state index contributed by atoms with van der Waals surface area (Å²) in [6.07, 6.45) is 0. The molecule has 3 nitrogen and oxygen atoms in total. The summed E-state index contributed by atoms with van der Waals surface area (Å²) in [6, 6.07) is 8.30. The first-order valence-electron chi connectivity index (χ1n) is 5.40. The Hall–Kier alpha value is -1.61. The van der Waals surface area contributed by atoms with E-state index in [0.29, 0.717) is 6.54 Å². The van der Waals surface area contributed by atoms with E-state index in [9.17, 15) is 0 Å². The number of hydrogen-bond donors (Lipinski definition) is 1. The number of rotatable bonds is 2. The molecule has 0 aliphatic rings. The second-order valence-electron chi connectivity index (χ2n) is 4.20. The fraction of sp³-hybridized carbons (Fsp3) is 0.308. The van der Waals surface area contributed by atoms with E-state index >= 15 is 0 Å². The molecular weight excluding hydrogens is 198 g/mol. The number of nitrogens with two attached hydrogens (primary N) is 1. The van der Waals surface area contributed by atoms with Crippen molar-refractivity contribution in [3.8, 4) is 0 Å². The maximum Gasteiger partial charge on any atom is 0.0755 e. The highest BCUT2D eigenvalue weighted by molar-refractivity contribution is 5.93. The van der Waals surface area contributed by atoms with E-state index in [1.54, 1.807) is 0 Å². The van der Waals surface area contributed by atoms with Crippen molar-refractivity contribution in [2.45, 2.75) is 13.5 Å². The summed E-state index contributed by atoms with van der Waals surface area (Å²) in [5, 5.41) is 1.18. The number of aryl methyl sites for hydroxylation is 1. The topological polar surface area (TPSA) is 42.1 Å². The van der Waals surface area contributed by atoms with Crippen LogP contribution in [-0.2, 0) is 6.54 Å². The molecule has 0 aliphatic carbocycles. The highest BCUT2D eigenvalue weighted by Crippen LogP contribution is 2.27. The highest BCUT2D eigenvalue weighted by Gasteiger charge is 2.08. The summed E-state index contributed by atoms with van der Waals surface area (Å²) in [6.45, 7) is 2.56. The van der Waals surface area contributed by atoms with E-state index in [2.05, 4.69) is 41.1 Å². The van der Waals surface area contributed by atoms with Crippen LogP contribution in [0.15, 0.2) is 24.3 Å². The molecular formula is C13H17N3. The lowest BCUT2D eigenvalue weighted by molar-refractivity contribution is 0.997. The predicted molar refractivity (Wildman–Crippen MR) is 68.7 cm³/mol. The minimum absolute atomic E-state index is 0.477. The van der Waals surface area contributed by atoms with Gasteiger partial charge in [0, 0.05) is 31.7 Å². The van der Waals surface area contributed by atoms with Gasteiger partial charge in [-0.1, -0.05) is 18.2 Å². The quantitative estimate of drug-likeness (QED) is 0.834. The lowest BCUT2D eigenvalue weighted by atomic mass is 10.1. The normalized spacial score (nSPS) is 10.8. The molecule has 0 amide bonds. The molecule has 0 bridgehead atoms. The minimum atomic E-state index is 0.477. The van der Waals surface area contributed by atoms with Crippen LogP contribution in [0, 0.1) is 6.92 Å². The van der Waals surface area contributed by atoms with Gasteiger partial charge in [0.05, 0.1) is 11.2 Å². The number of anilines is 1. The summed E-state index contributed by atoms with van der Waals surface area (Å²) in [5.74, 6) is 0. The third-order valence-corrected chi connectivity index (χ3v) is 2.76. The molecule has 0 atom stereocenters. The summed E-state index contributed by atoms with van der Waals surface area (Å²) in [4.78, 5) is 6.68. The average molecular weight is 215 g/mol. The fourth-order valence-electron chi connectivity index (χ4n) is 1.90. The predicted octanol–water partition coefficient (Wildman–Crippen LogP) is 2.07. The number of benzene rings is 1. The van der Waals surface area contributed by atoms with Gasteiger partial charge in [-0.05, 0) is 18.6 Å². The van der Waals surface area contributed by atoms with E-state index in [4.69, 9.17) is 5.73 Å². The molecule has 0 saturated carbocycles. The Bertz CT molecular complexity index is 518. The molecule has 2 rings (SSSR count). The van der Waals surface area contributed by atoms with Gasteiger partial charge in [0.15, 0.2) is 0 Å². The van der Waals surface area contributed by atoms with Crippen LogP contribution < -0.4 is 10.6 Å². The van der Waals surface area contributed by atoms with Gasteiger partial charge in [0.1, 0.15) is 0 Å². The lowest BCUT2D eigenvalue weighted by Gasteiger charge is -2.17. The van der Waals surface area contributed by atoms with Crippen molar-refractivity contribution in [3.63, 3.8) is 0 Å². The van der Waals surface area contributed by atoms with Crippen molar-refractivity contribution in [1.82, 2.24) is 4.98 Å². The monoisotopic (exact) mass is 215 g/mol. The van der Waals surface area contributed by atoms with E-state index in [0.717, 1.165) is 11.2 Å². The minimum Gasteiger partial charge on any atom is -0.377 e. The van der Waals surface area contributed by atoms with Gasteiger partial charge in [-0.25, -0.2) is 0 Å². The zero-order valence-corrected chi connectivity index (χ0v) is 9.99. The molecule has 0 saturated heterocycles. The summed E-state index contributed by atoms with van der Waals surface area (Å²) in [5.41, 5.74) is 10.0. The molecule has 2 N–H and O–H groups in total. The third kappa shape index (κ3) is 1.74. The van der Waals surface area contributed by atoms with Crippen LogP contribution in [-0.4, -0.2) is 19.1 Å². The number of hydrogen-bond acceptors (Lipinski definition) is 3. The first-order valence-corrected chi connectivity index (χ1v) is 5.40. The second kappa shape index (κ2) is 4.10. The van der Waals surface area contributed by atoms with Crippen LogP contribution in [0.1, 0.15) is 11.3 Å². The molecule has 1 heterocycles.